The molecular formula is C132H84N6. The zero-order valence-corrected chi connectivity index (χ0v) is 75.2. The fraction of sp³-hybridized carbons (Fsp3) is 0. The number of benzene rings is 21. The SMILES string of the molecule is c1ccc(-c2c3ccccc3c(-c3cc4ccccc4c4ccccc34)c3cc(-c4ccc(-c5ccccn5)cn4)ccc23)cc1.c1ccc(-c2c3ccccc3c(-c3cc4ccccc4c4ccccc34)c3ccc(-c4ccc(-c5ccccn5)cn4)cc23)cc1.c1ccc(-c2ccc(-c3ccc4c(-c5ccc6ccccc6c5)c5ccccc5c(-c5ccc6ccccc6c5)c4c3)nc2)nc1. The van der Waals surface area contributed by atoms with E-state index >= 15 is 0 Å². The number of hydrogen-bond donors (Lipinski definition) is 0. The minimum Gasteiger partial charge on any atom is -0.256 e. The molecule has 6 heteroatoms. The van der Waals surface area contributed by atoms with Crippen LogP contribution < -0.4 is 0 Å². The predicted octanol–water partition coefficient (Wildman–Crippen LogP) is 35.3. The highest BCUT2D eigenvalue weighted by atomic mass is 14.7. The van der Waals surface area contributed by atoms with Gasteiger partial charge in [0.1, 0.15) is 0 Å². The van der Waals surface area contributed by atoms with E-state index in [0.717, 1.165) is 67.5 Å². The molecule has 0 fully saturated rings. The first-order chi connectivity index (χ1) is 68.5. The molecule has 27 aromatic rings. The maximum Gasteiger partial charge on any atom is 0.0717 e. The topological polar surface area (TPSA) is 77.3 Å². The van der Waals surface area contributed by atoms with Gasteiger partial charge in [-0.1, -0.05) is 358 Å². The summed E-state index contributed by atoms with van der Waals surface area (Å²) in [7, 11) is 0. The molecule has 138 heavy (non-hydrogen) atoms. The summed E-state index contributed by atoms with van der Waals surface area (Å²) in [5.41, 5.74) is 26.7. The van der Waals surface area contributed by atoms with Crippen LogP contribution in [0.1, 0.15) is 0 Å². The van der Waals surface area contributed by atoms with Crippen LogP contribution in [0.3, 0.4) is 0 Å². The van der Waals surface area contributed by atoms with Gasteiger partial charge in [-0.2, -0.15) is 0 Å². The van der Waals surface area contributed by atoms with Crippen molar-refractivity contribution in [1.82, 2.24) is 29.9 Å². The van der Waals surface area contributed by atoms with Crippen molar-refractivity contribution in [2.45, 2.75) is 0 Å². The highest BCUT2D eigenvalue weighted by molar-refractivity contribution is 6.29. The molecule has 6 heterocycles. The summed E-state index contributed by atoms with van der Waals surface area (Å²) < 4.78 is 0. The molecular weight excluding hydrogens is 1670 g/mol. The largest absolute Gasteiger partial charge is 0.256 e. The van der Waals surface area contributed by atoms with E-state index in [4.69, 9.17) is 15.0 Å². The van der Waals surface area contributed by atoms with Gasteiger partial charge in [-0.05, 0) is 311 Å². The van der Waals surface area contributed by atoms with Crippen LogP contribution in [0.5, 0.6) is 0 Å². The Labute approximate surface area is 798 Å². The number of fused-ring (bicyclic) bond motifs is 14. The van der Waals surface area contributed by atoms with Gasteiger partial charge in [-0.3, -0.25) is 29.9 Å². The second-order valence-electron chi connectivity index (χ2n) is 35.3. The number of hydrogen-bond acceptors (Lipinski definition) is 6. The lowest BCUT2D eigenvalue weighted by Crippen LogP contribution is -1.93. The zero-order chi connectivity index (χ0) is 91.4. The Balaban J connectivity index is 0.000000110. The Morgan fingerprint density at radius 2 is 0.355 bits per heavy atom. The predicted molar refractivity (Wildman–Crippen MR) is 581 cm³/mol. The van der Waals surface area contributed by atoms with Gasteiger partial charge >= 0.3 is 0 Å². The molecule has 0 aliphatic rings. The van der Waals surface area contributed by atoms with Crippen LogP contribution in [-0.2, 0) is 0 Å². The summed E-state index contributed by atoms with van der Waals surface area (Å²) >= 11 is 0. The average molecular weight is 1750 g/mol. The molecule has 6 aromatic heterocycles. The van der Waals surface area contributed by atoms with Crippen molar-refractivity contribution in [2.24, 2.45) is 0 Å². The molecule has 0 spiro atoms. The lowest BCUT2D eigenvalue weighted by Gasteiger charge is -2.20. The van der Waals surface area contributed by atoms with E-state index < -0.39 is 0 Å². The van der Waals surface area contributed by atoms with Crippen LogP contribution in [0.15, 0.2) is 510 Å². The van der Waals surface area contributed by atoms with E-state index in [1.54, 1.807) is 0 Å². The molecule has 642 valence electrons. The molecule has 0 atom stereocenters. The Bertz CT molecular complexity index is 9300. The van der Waals surface area contributed by atoms with Gasteiger partial charge in [0, 0.05) is 70.6 Å². The minimum atomic E-state index is 0.921. The highest BCUT2D eigenvalue weighted by Crippen LogP contribution is 2.52. The Kier molecular flexibility index (Phi) is 20.9. The molecule has 0 unspecified atom stereocenters. The highest BCUT2D eigenvalue weighted by Gasteiger charge is 2.25. The molecule has 0 radical (unpaired) electrons. The third kappa shape index (κ3) is 14.9. The number of rotatable bonds is 12. The van der Waals surface area contributed by atoms with Crippen molar-refractivity contribution in [3.8, 4) is 134 Å². The lowest BCUT2D eigenvalue weighted by atomic mass is 9.83. The van der Waals surface area contributed by atoms with Crippen molar-refractivity contribution in [1.29, 1.82) is 0 Å². The fourth-order valence-electron chi connectivity index (χ4n) is 21.0. The average Bonchev–Trinajstić information content (AvgIpc) is 0.726. The first kappa shape index (κ1) is 81.6. The third-order valence-corrected chi connectivity index (χ3v) is 27.4. The van der Waals surface area contributed by atoms with E-state index in [1.807, 2.05) is 91.8 Å². The van der Waals surface area contributed by atoms with Gasteiger partial charge in [-0.25, -0.2) is 0 Å². The van der Waals surface area contributed by atoms with Crippen molar-refractivity contribution < 1.29 is 0 Å². The van der Waals surface area contributed by atoms with E-state index in [2.05, 4.69) is 434 Å². The third-order valence-electron chi connectivity index (χ3n) is 27.4. The maximum absolute atomic E-state index is 4.93. The second-order valence-corrected chi connectivity index (χ2v) is 35.3. The summed E-state index contributed by atoms with van der Waals surface area (Å²) in [5.74, 6) is 0. The summed E-state index contributed by atoms with van der Waals surface area (Å²) in [5, 5.41) is 29.8. The molecule has 6 nitrogen and oxygen atoms in total. The standard InChI is InChI=1S/3C44H28N2/c1-3-11-31-25-34(18-16-29(31)9-1)43-37-13-5-6-14-38(37)44(35-19-17-30-10-2-4-12-32(30)26-35)40-27-33(20-22-39(40)43)42-23-21-36(28-46-42)41-15-7-8-24-45-41;1-2-12-29(13-3-1)43-36-18-8-9-19-37(36)44(39-26-30-14-4-5-15-33(30)34-16-6-7-17-35(34)39)38-23-21-31(27-40(38)43)42-24-22-32(28-46-42)41-20-10-11-25-45-41;1-2-12-29(13-3-1)43-36-18-8-9-19-37(36)44(39-26-30-14-4-5-15-33(30)34-16-6-7-17-35(34)39)40-27-31(21-23-38(40)43)42-24-22-32(28-46-42)41-20-10-11-25-45-41/h3*1-28H. The Morgan fingerprint density at radius 1 is 0.109 bits per heavy atom. The molecule has 0 bridgehead atoms. The van der Waals surface area contributed by atoms with Crippen molar-refractivity contribution >= 4 is 129 Å². The normalized spacial score (nSPS) is 11.5. The first-order valence-corrected chi connectivity index (χ1v) is 47.0. The zero-order valence-electron chi connectivity index (χ0n) is 75.2. The summed E-state index contributed by atoms with van der Waals surface area (Å²) in [4.78, 5) is 28.3. The molecule has 0 amide bonds. The van der Waals surface area contributed by atoms with Crippen molar-refractivity contribution in [2.75, 3.05) is 0 Å². The molecule has 27 rings (SSSR count). The maximum atomic E-state index is 4.93. The number of aromatic nitrogens is 6. The molecule has 0 N–H and O–H groups in total. The van der Waals surface area contributed by atoms with Crippen LogP contribution in [-0.4, -0.2) is 29.9 Å². The van der Waals surface area contributed by atoms with Gasteiger partial charge in [0.05, 0.1) is 34.2 Å². The van der Waals surface area contributed by atoms with E-state index in [-0.39, 0.29) is 0 Å². The Morgan fingerprint density at radius 3 is 0.710 bits per heavy atom. The van der Waals surface area contributed by atoms with E-state index in [1.165, 1.54) is 196 Å². The smallest absolute Gasteiger partial charge is 0.0717 e. The van der Waals surface area contributed by atoms with Gasteiger partial charge in [0.15, 0.2) is 0 Å². The van der Waals surface area contributed by atoms with E-state index in [0.29, 0.717) is 0 Å². The summed E-state index contributed by atoms with van der Waals surface area (Å²) in [6, 6.07) is 170. The quantitative estimate of drug-likeness (QED) is 0.0896. The van der Waals surface area contributed by atoms with Gasteiger partial charge < -0.3 is 0 Å². The number of nitrogens with zero attached hydrogens (tertiary/aromatic N) is 6. The van der Waals surface area contributed by atoms with E-state index in [9.17, 15) is 0 Å². The van der Waals surface area contributed by atoms with Crippen LogP contribution in [0.4, 0.5) is 0 Å². The van der Waals surface area contributed by atoms with Crippen molar-refractivity contribution in [3.63, 3.8) is 0 Å². The molecule has 0 aliphatic heterocycles. The van der Waals surface area contributed by atoms with Crippen LogP contribution in [0.2, 0.25) is 0 Å². The fourth-order valence-corrected chi connectivity index (χ4v) is 21.0. The van der Waals surface area contributed by atoms with Gasteiger partial charge in [-0.15, -0.1) is 0 Å². The molecule has 21 aromatic carbocycles. The van der Waals surface area contributed by atoms with Gasteiger partial charge in [0.2, 0.25) is 0 Å². The lowest BCUT2D eigenvalue weighted by molar-refractivity contribution is 1.28. The molecule has 0 saturated carbocycles. The Hall–Kier alpha value is -18.4. The number of pyridine rings is 6. The van der Waals surface area contributed by atoms with Gasteiger partial charge in [0.25, 0.3) is 0 Å². The van der Waals surface area contributed by atoms with Crippen LogP contribution in [0, 0.1) is 0 Å². The van der Waals surface area contributed by atoms with Crippen LogP contribution in [0.25, 0.3) is 264 Å². The second kappa shape index (κ2) is 35.3. The van der Waals surface area contributed by atoms with Crippen molar-refractivity contribution in [3.05, 3.63) is 510 Å². The van der Waals surface area contributed by atoms with Crippen LogP contribution >= 0.6 is 0 Å². The first-order valence-electron chi connectivity index (χ1n) is 47.0. The monoisotopic (exact) mass is 1750 g/mol. The minimum absolute atomic E-state index is 0.921. The molecule has 0 aliphatic carbocycles. The molecule has 0 saturated heterocycles. The summed E-state index contributed by atoms with van der Waals surface area (Å²) in [6.45, 7) is 0. The summed E-state index contributed by atoms with van der Waals surface area (Å²) in [6.07, 6.45) is 11.2.